The Hall–Kier alpha value is -2.14. The van der Waals surface area contributed by atoms with Gasteiger partial charge >= 0.3 is 0 Å². The van der Waals surface area contributed by atoms with E-state index in [-0.39, 0.29) is 18.2 Å². The summed E-state index contributed by atoms with van der Waals surface area (Å²) in [4.78, 5) is 23.7. The third-order valence-electron chi connectivity index (χ3n) is 3.10. The van der Waals surface area contributed by atoms with Crippen LogP contribution in [0.5, 0.6) is 0 Å². The van der Waals surface area contributed by atoms with Crippen LogP contribution in [0.1, 0.15) is 17.5 Å². The first-order valence-corrected chi connectivity index (χ1v) is 7.66. The van der Waals surface area contributed by atoms with Gasteiger partial charge in [0.25, 0.3) is 0 Å². The molecule has 0 saturated carbocycles. The van der Waals surface area contributed by atoms with Gasteiger partial charge in [-0.15, -0.1) is 0 Å². The highest BCUT2D eigenvalue weighted by Gasteiger charge is 2.10. The van der Waals surface area contributed by atoms with E-state index in [9.17, 15) is 9.59 Å². The van der Waals surface area contributed by atoms with Crippen molar-refractivity contribution in [2.45, 2.75) is 20.3 Å². The fourth-order valence-electron chi connectivity index (χ4n) is 1.92. The summed E-state index contributed by atoms with van der Waals surface area (Å²) < 4.78 is 0.975. The van der Waals surface area contributed by atoms with Crippen LogP contribution in [0.25, 0.3) is 0 Å². The van der Waals surface area contributed by atoms with Crippen LogP contribution in [-0.2, 0) is 9.59 Å². The number of halogens is 1. The quantitative estimate of drug-likeness (QED) is 0.808. The molecule has 2 aromatic carbocycles. The minimum Gasteiger partial charge on any atom is -0.326 e. The van der Waals surface area contributed by atoms with E-state index in [4.69, 9.17) is 0 Å². The minimum atomic E-state index is -0.341. The molecule has 0 radical (unpaired) electrons. The number of benzene rings is 2. The lowest BCUT2D eigenvalue weighted by Gasteiger charge is -2.08. The van der Waals surface area contributed by atoms with Crippen molar-refractivity contribution in [3.8, 4) is 0 Å². The Morgan fingerprint density at radius 1 is 0.909 bits per heavy atom. The Morgan fingerprint density at radius 3 is 2.05 bits per heavy atom. The Balaban J connectivity index is 1.89. The number of carbonyl (C=O) groups is 2. The largest absolute Gasteiger partial charge is 0.326 e. The highest BCUT2D eigenvalue weighted by atomic mass is 79.9. The molecular weight excluding hydrogens is 344 g/mol. The summed E-state index contributed by atoms with van der Waals surface area (Å²) in [6.45, 7) is 3.91. The van der Waals surface area contributed by atoms with E-state index in [2.05, 4.69) is 26.6 Å². The zero-order valence-corrected chi connectivity index (χ0v) is 14.0. The van der Waals surface area contributed by atoms with Gasteiger partial charge in [0.1, 0.15) is 6.42 Å². The summed E-state index contributed by atoms with van der Waals surface area (Å²) in [5.74, 6) is -0.679. The SMILES string of the molecule is Cc1ccc(NC(=O)CC(=O)Nc2ccc(Br)c(C)c2)cc1. The van der Waals surface area contributed by atoms with Gasteiger partial charge in [0, 0.05) is 15.8 Å². The van der Waals surface area contributed by atoms with E-state index in [1.165, 1.54) is 0 Å². The van der Waals surface area contributed by atoms with E-state index in [1.807, 2.05) is 50.2 Å². The molecule has 2 amide bonds. The summed E-state index contributed by atoms with van der Waals surface area (Å²) in [5.41, 5.74) is 3.49. The Labute approximate surface area is 138 Å². The number of carbonyl (C=O) groups excluding carboxylic acids is 2. The summed E-state index contributed by atoms with van der Waals surface area (Å²) in [7, 11) is 0. The predicted molar refractivity (Wildman–Crippen MR) is 91.9 cm³/mol. The van der Waals surface area contributed by atoms with E-state index in [0.717, 1.165) is 15.6 Å². The smallest absolute Gasteiger partial charge is 0.233 e. The Kier molecular flexibility index (Phi) is 5.33. The third kappa shape index (κ3) is 4.70. The zero-order valence-electron chi connectivity index (χ0n) is 12.4. The number of hydrogen-bond donors (Lipinski definition) is 2. The van der Waals surface area contributed by atoms with Gasteiger partial charge in [-0.2, -0.15) is 0 Å². The van der Waals surface area contributed by atoms with Crippen molar-refractivity contribution >= 4 is 39.1 Å². The zero-order chi connectivity index (χ0) is 16.1. The van der Waals surface area contributed by atoms with Crippen LogP contribution in [0.3, 0.4) is 0 Å². The molecule has 114 valence electrons. The number of aryl methyl sites for hydroxylation is 2. The van der Waals surface area contributed by atoms with Crippen molar-refractivity contribution in [3.05, 3.63) is 58.1 Å². The minimum absolute atomic E-state index is 0.219. The first kappa shape index (κ1) is 16.2. The normalized spacial score (nSPS) is 10.1. The lowest BCUT2D eigenvalue weighted by Crippen LogP contribution is -2.21. The average Bonchev–Trinajstić information content (AvgIpc) is 2.45. The van der Waals surface area contributed by atoms with Crippen LogP contribution in [0.15, 0.2) is 46.9 Å². The molecular formula is C17H17BrN2O2. The van der Waals surface area contributed by atoms with Crippen LogP contribution in [0, 0.1) is 13.8 Å². The van der Waals surface area contributed by atoms with Crippen LogP contribution in [0.2, 0.25) is 0 Å². The van der Waals surface area contributed by atoms with Crippen molar-refractivity contribution < 1.29 is 9.59 Å². The number of rotatable bonds is 4. The summed E-state index contributed by atoms with van der Waals surface area (Å²) in [6.07, 6.45) is -0.219. The number of nitrogens with one attached hydrogen (secondary N) is 2. The van der Waals surface area contributed by atoms with Crippen molar-refractivity contribution in [3.63, 3.8) is 0 Å². The Bertz CT molecular complexity index is 696. The second-order valence-electron chi connectivity index (χ2n) is 5.10. The van der Waals surface area contributed by atoms with Crippen molar-refractivity contribution in [1.29, 1.82) is 0 Å². The van der Waals surface area contributed by atoms with Crippen LogP contribution >= 0.6 is 15.9 Å². The maximum Gasteiger partial charge on any atom is 0.233 e. The third-order valence-corrected chi connectivity index (χ3v) is 3.99. The van der Waals surface area contributed by atoms with E-state index < -0.39 is 0 Å². The molecule has 22 heavy (non-hydrogen) atoms. The fourth-order valence-corrected chi connectivity index (χ4v) is 2.16. The van der Waals surface area contributed by atoms with Gasteiger partial charge in [-0.05, 0) is 49.7 Å². The molecule has 0 fully saturated rings. The lowest BCUT2D eigenvalue weighted by molar-refractivity contribution is -0.123. The summed E-state index contributed by atoms with van der Waals surface area (Å²) in [6, 6.07) is 12.9. The molecule has 0 bridgehead atoms. The number of amides is 2. The summed E-state index contributed by atoms with van der Waals surface area (Å²) in [5, 5.41) is 5.41. The summed E-state index contributed by atoms with van der Waals surface area (Å²) >= 11 is 3.40. The molecule has 0 aliphatic rings. The van der Waals surface area contributed by atoms with E-state index in [1.54, 1.807) is 6.07 Å². The molecule has 0 aliphatic carbocycles. The average molecular weight is 361 g/mol. The monoisotopic (exact) mass is 360 g/mol. The van der Waals surface area contributed by atoms with Crippen molar-refractivity contribution in [1.82, 2.24) is 0 Å². The van der Waals surface area contributed by atoms with Gasteiger partial charge in [-0.3, -0.25) is 9.59 Å². The fraction of sp³-hybridized carbons (Fsp3) is 0.176. The molecule has 2 N–H and O–H groups in total. The highest BCUT2D eigenvalue weighted by molar-refractivity contribution is 9.10. The van der Waals surface area contributed by atoms with Gasteiger partial charge in [0.2, 0.25) is 11.8 Å². The molecule has 0 saturated heterocycles. The molecule has 2 rings (SSSR count). The van der Waals surface area contributed by atoms with Crippen LogP contribution in [0.4, 0.5) is 11.4 Å². The predicted octanol–water partition coefficient (Wildman–Crippen LogP) is 4.03. The van der Waals surface area contributed by atoms with E-state index in [0.29, 0.717) is 11.4 Å². The Morgan fingerprint density at radius 2 is 1.45 bits per heavy atom. The standard InChI is InChI=1S/C17H17BrN2O2/c1-11-3-5-13(6-4-11)19-16(21)10-17(22)20-14-7-8-15(18)12(2)9-14/h3-9H,10H2,1-2H3,(H,19,21)(H,20,22). The van der Waals surface area contributed by atoms with Crippen molar-refractivity contribution in [2.75, 3.05) is 10.6 Å². The van der Waals surface area contributed by atoms with Crippen molar-refractivity contribution in [2.24, 2.45) is 0 Å². The first-order valence-electron chi connectivity index (χ1n) is 6.86. The van der Waals surface area contributed by atoms with Gasteiger partial charge in [0.15, 0.2) is 0 Å². The van der Waals surface area contributed by atoms with Gasteiger partial charge in [-0.25, -0.2) is 0 Å². The number of anilines is 2. The topological polar surface area (TPSA) is 58.2 Å². The van der Waals surface area contributed by atoms with Gasteiger partial charge < -0.3 is 10.6 Å². The maximum absolute atomic E-state index is 11.9. The molecule has 0 aliphatic heterocycles. The second kappa shape index (κ2) is 7.22. The lowest BCUT2D eigenvalue weighted by atomic mass is 10.2. The molecule has 2 aromatic rings. The molecule has 4 nitrogen and oxygen atoms in total. The van der Waals surface area contributed by atoms with Crippen LogP contribution in [-0.4, -0.2) is 11.8 Å². The second-order valence-corrected chi connectivity index (χ2v) is 5.96. The highest BCUT2D eigenvalue weighted by Crippen LogP contribution is 2.20. The maximum atomic E-state index is 11.9. The molecule has 5 heteroatoms. The molecule has 0 unspecified atom stereocenters. The van der Waals surface area contributed by atoms with Gasteiger partial charge in [0.05, 0.1) is 0 Å². The van der Waals surface area contributed by atoms with E-state index >= 15 is 0 Å². The molecule has 0 atom stereocenters. The molecule has 0 heterocycles. The first-order chi connectivity index (χ1) is 10.4. The molecule has 0 aromatic heterocycles. The van der Waals surface area contributed by atoms with Gasteiger partial charge in [-0.1, -0.05) is 33.6 Å². The molecule has 0 spiro atoms. The van der Waals surface area contributed by atoms with Crippen LogP contribution < -0.4 is 10.6 Å². The number of hydrogen-bond acceptors (Lipinski definition) is 2.